The highest BCUT2D eigenvalue weighted by Crippen LogP contribution is 2.40. The van der Waals surface area contributed by atoms with Crippen molar-refractivity contribution in [2.24, 2.45) is 0 Å². The number of para-hydroxylation sites is 1. The summed E-state index contributed by atoms with van der Waals surface area (Å²) in [6, 6.07) is 16.3. The number of phenolic OH excluding ortho intramolecular Hbond substituents is 1. The lowest BCUT2D eigenvalue weighted by molar-refractivity contribution is -0.384. The zero-order chi connectivity index (χ0) is 20.5. The minimum Gasteiger partial charge on any atom is -0.506 e. The molecule has 9 heteroatoms. The molecule has 1 unspecified atom stereocenters. The summed E-state index contributed by atoms with van der Waals surface area (Å²) >= 11 is 13.7. The van der Waals surface area contributed by atoms with Crippen molar-refractivity contribution >= 4 is 55.6 Å². The molecular formula is C20H13Cl2N3O3S. The lowest BCUT2D eigenvalue weighted by Crippen LogP contribution is -2.13. The Bertz CT molecular complexity index is 1180. The molecule has 0 saturated carbocycles. The molecule has 0 aliphatic heterocycles. The van der Waals surface area contributed by atoms with E-state index in [2.05, 4.69) is 10.3 Å². The van der Waals surface area contributed by atoms with Gasteiger partial charge >= 0.3 is 0 Å². The van der Waals surface area contributed by atoms with Crippen molar-refractivity contribution in [1.82, 2.24) is 4.98 Å². The third kappa shape index (κ3) is 3.98. The highest BCUT2D eigenvalue weighted by atomic mass is 35.5. The second kappa shape index (κ2) is 7.87. The van der Waals surface area contributed by atoms with Crippen molar-refractivity contribution < 1.29 is 10.0 Å². The van der Waals surface area contributed by atoms with E-state index in [1.807, 2.05) is 24.3 Å². The standard InChI is InChI=1S/C20H13Cl2N3O3S/c21-12-9-14(19(26)15(22)10-12)18(11-5-7-13(8-6-11)25(27)28)24-20-23-16-3-1-2-4-17(16)29-20/h1-10,18,26H,(H,23,24). The first kappa shape index (κ1) is 19.4. The van der Waals surface area contributed by atoms with Gasteiger partial charge in [0.15, 0.2) is 5.13 Å². The van der Waals surface area contributed by atoms with Crippen molar-refractivity contribution in [1.29, 1.82) is 0 Å². The number of aromatic nitrogens is 1. The molecule has 2 N–H and O–H groups in total. The van der Waals surface area contributed by atoms with E-state index >= 15 is 0 Å². The van der Waals surface area contributed by atoms with Crippen molar-refractivity contribution in [3.63, 3.8) is 0 Å². The normalized spacial score (nSPS) is 12.1. The van der Waals surface area contributed by atoms with Gasteiger partial charge in [0.25, 0.3) is 5.69 Å². The number of hydrogen-bond donors (Lipinski definition) is 2. The van der Waals surface area contributed by atoms with Gasteiger partial charge in [-0.1, -0.05) is 46.7 Å². The van der Waals surface area contributed by atoms with E-state index < -0.39 is 11.0 Å². The first-order chi connectivity index (χ1) is 13.9. The number of hydrogen-bond acceptors (Lipinski definition) is 6. The smallest absolute Gasteiger partial charge is 0.269 e. The van der Waals surface area contributed by atoms with Gasteiger partial charge in [-0.3, -0.25) is 10.1 Å². The molecule has 3 aromatic carbocycles. The van der Waals surface area contributed by atoms with Crippen LogP contribution in [0.3, 0.4) is 0 Å². The molecule has 1 atom stereocenters. The van der Waals surface area contributed by atoms with Crippen molar-refractivity contribution in [2.75, 3.05) is 5.32 Å². The molecule has 1 aromatic heterocycles. The second-order valence-corrected chi connectivity index (χ2v) is 8.11. The fraction of sp³-hybridized carbons (Fsp3) is 0.0500. The number of aromatic hydroxyl groups is 1. The molecule has 146 valence electrons. The molecule has 1 heterocycles. The van der Waals surface area contributed by atoms with Gasteiger partial charge in [-0.25, -0.2) is 4.98 Å². The van der Waals surface area contributed by atoms with Crippen molar-refractivity contribution in [3.8, 4) is 5.75 Å². The van der Waals surface area contributed by atoms with Crippen LogP contribution in [0.2, 0.25) is 10.0 Å². The van der Waals surface area contributed by atoms with E-state index in [4.69, 9.17) is 23.2 Å². The Hall–Kier alpha value is -2.87. The van der Waals surface area contributed by atoms with Gasteiger partial charge in [-0.05, 0) is 42.0 Å². The lowest BCUT2D eigenvalue weighted by Gasteiger charge is -2.21. The SMILES string of the molecule is O=[N+]([O-])c1ccc(C(Nc2nc3ccccc3s2)c2cc(Cl)cc(Cl)c2O)cc1. The zero-order valence-corrected chi connectivity index (χ0v) is 17.0. The molecule has 0 bridgehead atoms. The number of phenols is 1. The number of nitrogens with one attached hydrogen (secondary N) is 1. The number of nitro groups is 1. The summed E-state index contributed by atoms with van der Waals surface area (Å²) in [6.07, 6.45) is 0. The third-order valence-corrected chi connectivity index (χ3v) is 5.84. The van der Waals surface area contributed by atoms with Crippen molar-refractivity contribution in [2.45, 2.75) is 6.04 Å². The number of fused-ring (bicyclic) bond motifs is 1. The number of rotatable bonds is 5. The Balaban J connectivity index is 1.81. The van der Waals surface area contributed by atoms with E-state index in [-0.39, 0.29) is 16.5 Å². The summed E-state index contributed by atoms with van der Waals surface area (Å²) in [4.78, 5) is 15.1. The Morgan fingerprint density at radius 1 is 1.10 bits per heavy atom. The first-order valence-electron chi connectivity index (χ1n) is 8.47. The van der Waals surface area contributed by atoms with Crippen LogP contribution in [0.25, 0.3) is 10.2 Å². The molecule has 29 heavy (non-hydrogen) atoms. The molecule has 6 nitrogen and oxygen atoms in total. The molecule has 0 aliphatic rings. The number of non-ortho nitro benzene ring substituents is 1. The Labute approximate surface area is 179 Å². The Morgan fingerprint density at radius 3 is 2.52 bits per heavy atom. The number of thiazole rings is 1. The third-order valence-electron chi connectivity index (χ3n) is 4.37. The largest absolute Gasteiger partial charge is 0.506 e. The first-order valence-corrected chi connectivity index (χ1v) is 10.0. The number of halogens is 2. The summed E-state index contributed by atoms with van der Waals surface area (Å²) in [5.41, 5.74) is 1.94. The Morgan fingerprint density at radius 2 is 1.83 bits per heavy atom. The fourth-order valence-electron chi connectivity index (χ4n) is 2.99. The summed E-state index contributed by atoms with van der Waals surface area (Å²) in [5.74, 6) is -0.118. The summed E-state index contributed by atoms with van der Waals surface area (Å²) < 4.78 is 1.01. The molecule has 0 fully saturated rings. The molecule has 4 aromatic rings. The minimum absolute atomic E-state index is 0.0270. The van der Waals surface area contributed by atoms with Crippen LogP contribution in [0.4, 0.5) is 10.8 Å². The summed E-state index contributed by atoms with van der Waals surface area (Å²) in [7, 11) is 0. The van der Waals surface area contributed by atoms with Crippen LogP contribution in [-0.4, -0.2) is 15.0 Å². The number of anilines is 1. The number of nitrogens with zero attached hydrogens (tertiary/aromatic N) is 2. The van der Waals surface area contributed by atoms with Gasteiger partial charge < -0.3 is 10.4 Å². The zero-order valence-electron chi connectivity index (χ0n) is 14.7. The lowest BCUT2D eigenvalue weighted by atomic mass is 9.97. The maximum atomic E-state index is 11.0. The van der Waals surface area contributed by atoms with Crippen LogP contribution in [-0.2, 0) is 0 Å². The monoisotopic (exact) mass is 445 g/mol. The number of benzene rings is 3. The van der Waals surface area contributed by atoms with Crippen LogP contribution in [0, 0.1) is 10.1 Å². The quantitative estimate of drug-likeness (QED) is 0.273. The average molecular weight is 446 g/mol. The van der Waals surface area contributed by atoms with E-state index in [9.17, 15) is 15.2 Å². The topological polar surface area (TPSA) is 88.3 Å². The molecular weight excluding hydrogens is 433 g/mol. The summed E-state index contributed by atoms with van der Waals surface area (Å²) in [6.45, 7) is 0. The maximum Gasteiger partial charge on any atom is 0.269 e. The van der Waals surface area contributed by atoms with Crippen LogP contribution < -0.4 is 5.32 Å². The molecule has 4 rings (SSSR count). The maximum absolute atomic E-state index is 11.0. The van der Waals surface area contributed by atoms with E-state index in [1.165, 1.54) is 29.5 Å². The van der Waals surface area contributed by atoms with Gasteiger partial charge in [0, 0.05) is 22.7 Å². The molecule has 0 aliphatic carbocycles. The predicted octanol–water partition coefficient (Wildman–Crippen LogP) is 6.42. The second-order valence-electron chi connectivity index (χ2n) is 6.24. The Kier molecular flexibility index (Phi) is 5.27. The van der Waals surface area contributed by atoms with Gasteiger partial charge in [-0.15, -0.1) is 0 Å². The molecule has 0 saturated heterocycles. The van der Waals surface area contributed by atoms with Crippen molar-refractivity contribution in [3.05, 3.63) is 92.0 Å². The number of nitro benzene ring substituents is 1. The van der Waals surface area contributed by atoms with Crippen LogP contribution in [0.5, 0.6) is 5.75 Å². The fourth-order valence-corrected chi connectivity index (χ4v) is 4.40. The van der Waals surface area contributed by atoms with Gasteiger partial charge in [0.2, 0.25) is 0 Å². The average Bonchev–Trinajstić information content (AvgIpc) is 3.12. The highest BCUT2D eigenvalue weighted by Gasteiger charge is 2.22. The molecule has 0 amide bonds. The van der Waals surface area contributed by atoms with E-state index in [0.29, 0.717) is 21.3 Å². The molecule has 0 radical (unpaired) electrons. The van der Waals surface area contributed by atoms with Crippen LogP contribution >= 0.6 is 34.5 Å². The van der Waals surface area contributed by atoms with E-state index in [0.717, 1.165) is 10.2 Å². The minimum atomic E-state index is -0.576. The highest BCUT2D eigenvalue weighted by molar-refractivity contribution is 7.22. The van der Waals surface area contributed by atoms with Gasteiger partial charge in [-0.2, -0.15) is 0 Å². The predicted molar refractivity (Wildman–Crippen MR) is 116 cm³/mol. The van der Waals surface area contributed by atoms with E-state index in [1.54, 1.807) is 18.2 Å². The van der Waals surface area contributed by atoms with Gasteiger partial charge in [0.05, 0.1) is 26.2 Å². The molecule has 0 spiro atoms. The van der Waals surface area contributed by atoms with Gasteiger partial charge in [0.1, 0.15) is 5.75 Å². The van der Waals surface area contributed by atoms with Crippen LogP contribution in [0.1, 0.15) is 17.2 Å². The summed E-state index contributed by atoms with van der Waals surface area (Å²) in [5, 5.41) is 26.0. The van der Waals surface area contributed by atoms with Crippen LogP contribution in [0.15, 0.2) is 60.7 Å².